The molecule has 0 fully saturated rings. The zero-order valence-electron chi connectivity index (χ0n) is 15.7. The van der Waals surface area contributed by atoms with Gasteiger partial charge in [-0.05, 0) is 42.2 Å². The number of rotatable bonds is 5. The summed E-state index contributed by atoms with van der Waals surface area (Å²) in [5.74, 6) is -0.525. The Bertz CT molecular complexity index is 888. The molecule has 0 bridgehead atoms. The highest BCUT2D eigenvalue weighted by molar-refractivity contribution is 6.35. The predicted octanol–water partition coefficient (Wildman–Crippen LogP) is 3.77. The molecule has 148 valence electrons. The van der Waals surface area contributed by atoms with Gasteiger partial charge < -0.3 is 10.1 Å². The minimum atomic E-state index is -0.486. The zero-order valence-corrected chi connectivity index (χ0v) is 17.3. The number of ether oxygens (including phenoxy) is 1. The third-order valence-corrected chi connectivity index (χ3v) is 5.53. The van der Waals surface area contributed by atoms with E-state index in [0.29, 0.717) is 23.0 Å². The summed E-state index contributed by atoms with van der Waals surface area (Å²) in [6.45, 7) is 2.46. The molecular formula is C21H22Cl2N2O3. The second-order valence-electron chi connectivity index (χ2n) is 6.87. The van der Waals surface area contributed by atoms with E-state index in [4.69, 9.17) is 27.9 Å². The van der Waals surface area contributed by atoms with Gasteiger partial charge in [-0.2, -0.15) is 0 Å². The quantitative estimate of drug-likeness (QED) is 0.747. The lowest BCUT2D eigenvalue weighted by atomic mass is 9.94. The molecule has 1 N–H and O–H groups in total. The number of fused-ring (bicyclic) bond motifs is 1. The van der Waals surface area contributed by atoms with Crippen LogP contribution in [-0.2, 0) is 27.3 Å². The first kappa shape index (κ1) is 20.6. The van der Waals surface area contributed by atoms with Crippen LogP contribution in [-0.4, -0.2) is 36.5 Å². The lowest BCUT2D eigenvalue weighted by Gasteiger charge is -2.34. The number of carbonyl (C=O) groups is 2. The molecule has 5 nitrogen and oxygen atoms in total. The van der Waals surface area contributed by atoms with Crippen LogP contribution in [0.2, 0.25) is 10.0 Å². The van der Waals surface area contributed by atoms with Crippen LogP contribution in [0.5, 0.6) is 0 Å². The third kappa shape index (κ3) is 4.66. The Hall–Kier alpha value is -2.08. The molecule has 2 atom stereocenters. The normalized spacial score (nSPS) is 17.5. The molecule has 7 heteroatoms. The lowest BCUT2D eigenvalue weighted by molar-refractivity contribution is -0.148. The standard InChI is InChI=1S/C21H22Cl2N2O3/c1-13(17-8-7-16(22)10-18(17)23)24-20(26)12-25-11-15-6-4-3-5-14(15)9-19(25)21(27)28-2/h3-8,10,13,19H,9,11-12H2,1-2H3,(H,24,26)/t13-,19+/m0/s1. The summed E-state index contributed by atoms with van der Waals surface area (Å²) in [6, 6.07) is 12.3. The van der Waals surface area contributed by atoms with Gasteiger partial charge in [-0.1, -0.05) is 53.5 Å². The van der Waals surface area contributed by atoms with E-state index in [1.165, 1.54) is 7.11 Å². The van der Waals surface area contributed by atoms with Crippen LogP contribution in [0.4, 0.5) is 0 Å². The van der Waals surface area contributed by atoms with E-state index in [2.05, 4.69) is 5.32 Å². The topological polar surface area (TPSA) is 58.6 Å². The summed E-state index contributed by atoms with van der Waals surface area (Å²) in [5.41, 5.74) is 3.01. The second kappa shape index (κ2) is 8.95. The van der Waals surface area contributed by atoms with Crippen molar-refractivity contribution in [2.75, 3.05) is 13.7 Å². The van der Waals surface area contributed by atoms with Crippen LogP contribution in [0.25, 0.3) is 0 Å². The van der Waals surface area contributed by atoms with Crippen molar-refractivity contribution in [1.82, 2.24) is 10.2 Å². The molecule has 1 heterocycles. The van der Waals surface area contributed by atoms with Gasteiger partial charge in [0, 0.05) is 16.6 Å². The molecule has 3 rings (SSSR count). The van der Waals surface area contributed by atoms with Gasteiger partial charge >= 0.3 is 5.97 Å². The van der Waals surface area contributed by atoms with E-state index in [9.17, 15) is 9.59 Å². The number of esters is 1. The highest BCUT2D eigenvalue weighted by atomic mass is 35.5. The number of methoxy groups -OCH3 is 1. The van der Waals surface area contributed by atoms with E-state index in [0.717, 1.165) is 16.7 Å². The first-order chi connectivity index (χ1) is 13.4. The van der Waals surface area contributed by atoms with E-state index in [-0.39, 0.29) is 24.5 Å². The van der Waals surface area contributed by atoms with E-state index >= 15 is 0 Å². The number of benzene rings is 2. The molecular weight excluding hydrogens is 399 g/mol. The van der Waals surface area contributed by atoms with E-state index in [1.54, 1.807) is 18.2 Å². The largest absolute Gasteiger partial charge is 0.468 e. The molecule has 0 saturated carbocycles. The fraction of sp³-hybridized carbons (Fsp3) is 0.333. The van der Waals surface area contributed by atoms with Gasteiger partial charge in [-0.3, -0.25) is 14.5 Å². The summed E-state index contributed by atoms with van der Waals surface area (Å²) in [4.78, 5) is 26.8. The van der Waals surface area contributed by atoms with Crippen molar-refractivity contribution in [1.29, 1.82) is 0 Å². The summed E-state index contributed by atoms with van der Waals surface area (Å²) < 4.78 is 4.95. The Morgan fingerprint density at radius 3 is 2.61 bits per heavy atom. The molecule has 2 aromatic carbocycles. The van der Waals surface area contributed by atoms with Crippen LogP contribution in [0.3, 0.4) is 0 Å². The molecule has 2 aromatic rings. The Labute approximate surface area is 174 Å². The van der Waals surface area contributed by atoms with Crippen molar-refractivity contribution >= 4 is 35.1 Å². The number of hydrogen-bond donors (Lipinski definition) is 1. The van der Waals surface area contributed by atoms with Gasteiger partial charge in [0.05, 0.1) is 19.7 Å². The fourth-order valence-electron chi connectivity index (χ4n) is 3.51. The number of nitrogens with one attached hydrogen (secondary N) is 1. The molecule has 0 saturated heterocycles. The maximum Gasteiger partial charge on any atom is 0.323 e. The second-order valence-corrected chi connectivity index (χ2v) is 7.72. The van der Waals surface area contributed by atoms with Crippen LogP contribution < -0.4 is 5.32 Å². The maximum absolute atomic E-state index is 12.7. The Kier molecular flexibility index (Phi) is 6.60. The maximum atomic E-state index is 12.7. The molecule has 0 spiro atoms. The zero-order chi connectivity index (χ0) is 20.3. The van der Waals surface area contributed by atoms with Gasteiger partial charge in [-0.25, -0.2) is 0 Å². The van der Waals surface area contributed by atoms with Gasteiger partial charge in [0.15, 0.2) is 0 Å². The van der Waals surface area contributed by atoms with Crippen LogP contribution in [0.1, 0.15) is 29.7 Å². The van der Waals surface area contributed by atoms with Gasteiger partial charge in [0.25, 0.3) is 0 Å². The van der Waals surface area contributed by atoms with Crippen molar-refractivity contribution in [3.63, 3.8) is 0 Å². The predicted molar refractivity (Wildman–Crippen MR) is 109 cm³/mol. The Morgan fingerprint density at radius 2 is 1.93 bits per heavy atom. The molecule has 1 aliphatic heterocycles. The summed E-state index contributed by atoms with van der Waals surface area (Å²) in [7, 11) is 1.37. The number of hydrogen-bond acceptors (Lipinski definition) is 4. The van der Waals surface area contributed by atoms with Gasteiger partial charge in [0.1, 0.15) is 6.04 Å². The number of nitrogens with zero attached hydrogens (tertiary/aromatic N) is 1. The first-order valence-electron chi connectivity index (χ1n) is 9.02. The van der Waals surface area contributed by atoms with E-state index in [1.807, 2.05) is 36.1 Å². The minimum absolute atomic E-state index is 0.0870. The lowest BCUT2D eigenvalue weighted by Crippen LogP contribution is -2.50. The molecule has 28 heavy (non-hydrogen) atoms. The van der Waals surface area contributed by atoms with E-state index < -0.39 is 6.04 Å². The highest BCUT2D eigenvalue weighted by Gasteiger charge is 2.33. The average molecular weight is 421 g/mol. The molecule has 0 aromatic heterocycles. The van der Waals surface area contributed by atoms with Crippen molar-refractivity contribution in [3.05, 3.63) is 69.2 Å². The van der Waals surface area contributed by atoms with Crippen molar-refractivity contribution in [2.24, 2.45) is 0 Å². The Morgan fingerprint density at radius 1 is 1.21 bits per heavy atom. The molecule has 0 unspecified atom stereocenters. The van der Waals surface area contributed by atoms with Gasteiger partial charge in [0.2, 0.25) is 5.91 Å². The highest BCUT2D eigenvalue weighted by Crippen LogP contribution is 2.27. The summed E-state index contributed by atoms with van der Waals surface area (Å²) in [6.07, 6.45) is 0.523. The van der Waals surface area contributed by atoms with Crippen molar-refractivity contribution in [3.8, 4) is 0 Å². The number of carbonyl (C=O) groups excluding carboxylic acids is 2. The number of halogens is 2. The SMILES string of the molecule is COC(=O)[C@H]1Cc2ccccc2CN1CC(=O)N[C@@H](C)c1ccc(Cl)cc1Cl. The summed E-state index contributed by atoms with van der Waals surface area (Å²) >= 11 is 12.2. The first-order valence-corrected chi connectivity index (χ1v) is 9.77. The molecule has 0 aliphatic carbocycles. The van der Waals surface area contributed by atoms with Gasteiger partial charge in [-0.15, -0.1) is 0 Å². The monoisotopic (exact) mass is 420 g/mol. The van der Waals surface area contributed by atoms with Crippen LogP contribution in [0, 0.1) is 0 Å². The summed E-state index contributed by atoms with van der Waals surface area (Å²) in [5, 5.41) is 3.99. The van der Waals surface area contributed by atoms with Crippen LogP contribution >= 0.6 is 23.2 Å². The Balaban J connectivity index is 1.71. The smallest absolute Gasteiger partial charge is 0.323 e. The van der Waals surface area contributed by atoms with Crippen molar-refractivity contribution in [2.45, 2.75) is 32.0 Å². The third-order valence-electron chi connectivity index (χ3n) is 4.97. The average Bonchev–Trinajstić information content (AvgIpc) is 2.66. The minimum Gasteiger partial charge on any atom is -0.468 e. The number of amides is 1. The molecule has 1 amide bonds. The van der Waals surface area contributed by atoms with Crippen molar-refractivity contribution < 1.29 is 14.3 Å². The molecule has 0 radical (unpaired) electrons. The molecule has 1 aliphatic rings. The fourth-order valence-corrected chi connectivity index (χ4v) is 4.09. The van der Waals surface area contributed by atoms with Crippen LogP contribution in [0.15, 0.2) is 42.5 Å².